The maximum atomic E-state index is 12.5. The van der Waals surface area contributed by atoms with Crippen molar-refractivity contribution in [1.82, 2.24) is 15.1 Å². The number of aromatic nitrogens is 2. The number of hydrogen-bond donors (Lipinski definition) is 1. The molecule has 1 aromatic carbocycles. The van der Waals surface area contributed by atoms with Crippen LogP contribution in [0.1, 0.15) is 40.5 Å². The lowest BCUT2D eigenvalue weighted by Crippen LogP contribution is -2.31. The Morgan fingerprint density at radius 1 is 1.33 bits per heavy atom. The van der Waals surface area contributed by atoms with Crippen molar-refractivity contribution in [1.29, 1.82) is 0 Å². The third-order valence-corrected chi connectivity index (χ3v) is 4.72. The van der Waals surface area contributed by atoms with Crippen molar-refractivity contribution in [2.24, 2.45) is 7.05 Å². The predicted octanol–water partition coefficient (Wildman–Crippen LogP) is 3.75. The fourth-order valence-corrected chi connectivity index (χ4v) is 4.08. The van der Waals surface area contributed by atoms with Gasteiger partial charge in [0.1, 0.15) is 0 Å². The molecule has 110 valence electrons. The molecule has 3 rings (SSSR count). The predicted molar refractivity (Wildman–Crippen MR) is 88.2 cm³/mol. The summed E-state index contributed by atoms with van der Waals surface area (Å²) in [5.41, 5.74) is 3.01. The van der Waals surface area contributed by atoms with E-state index in [9.17, 15) is 4.79 Å². The van der Waals surface area contributed by atoms with Crippen LogP contribution in [-0.4, -0.2) is 15.7 Å². The van der Waals surface area contributed by atoms with Gasteiger partial charge in [0, 0.05) is 32.8 Å². The Hall–Kier alpha value is -1.14. The summed E-state index contributed by atoms with van der Waals surface area (Å²) in [4.78, 5) is 12.5. The SMILES string of the molecule is Cn1ncc2c1CCCC2NC(=O)c1cc(Br)cc(Br)c1. The number of amides is 1. The summed E-state index contributed by atoms with van der Waals surface area (Å²) in [5, 5.41) is 7.43. The Labute approximate surface area is 140 Å². The van der Waals surface area contributed by atoms with Crippen molar-refractivity contribution in [3.63, 3.8) is 0 Å². The Kier molecular flexibility index (Phi) is 4.17. The monoisotopic (exact) mass is 411 g/mol. The summed E-state index contributed by atoms with van der Waals surface area (Å²) < 4.78 is 3.67. The van der Waals surface area contributed by atoms with Crippen LogP contribution in [0, 0.1) is 0 Å². The van der Waals surface area contributed by atoms with Crippen LogP contribution in [0.15, 0.2) is 33.3 Å². The van der Waals surface area contributed by atoms with Gasteiger partial charge >= 0.3 is 0 Å². The quantitative estimate of drug-likeness (QED) is 0.816. The van der Waals surface area contributed by atoms with Gasteiger partial charge in [0.25, 0.3) is 5.91 Å². The fourth-order valence-electron chi connectivity index (χ4n) is 2.78. The second-order valence-corrected chi connectivity index (χ2v) is 7.08. The number of fused-ring (bicyclic) bond motifs is 1. The molecule has 4 nitrogen and oxygen atoms in total. The van der Waals surface area contributed by atoms with E-state index in [4.69, 9.17) is 0 Å². The van der Waals surface area contributed by atoms with Crippen LogP contribution < -0.4 is 5.32 Å². The average molecular weight is 413 g/mol. The van der Waals surface area contributed by atoms with E-state index >= 15 is 0 Å². The van der Waals surface area contributed by atoms with Gasteiger partial charge < -0.3 is 5.32 Å². The zero-order valence-electron chi connectivity index (χ0n) is 11.6. The molecular weight excluding hydrogens is 398 g/mol. The molecule has 0 aliphatic heterocycles. The molecule has 0 saturated carbocycles. The lowest BCUT2D eigenvalue weighted by molar-refractivity contribution is 0.0932. The molecule has 1 atom stereocenters. The number of hydrogen-bond acceptors (Lipinski definition) is 2. The lowest BCUT2D eigenvalue weighted by Gasteiger charge is -2.24. The normalized spacial score (nSPS) is 17.4. The number of benzene rings is 1. The van der Waals surface area contributed by atoms with Crippen LogP contribution >= 0.6 is 31.9 Å². The van der Waals surface area contributed by atoms with Gasteiger partial charge in [-0.15, -0.1) is 0 Å². The van der Waals surface area contributed by atoms with Crippen molar-refractivity contribution < 1.29 is 4.79 Å². The van der Waals surface area contributed by atoms with E-state index in [-0.39, 0.29) is 11.9 Å². The molecule has 1 amide bonds. The second kappa shape index (κ2) is 5.93. The molecule has 0 fully saturated rings. The van der Waals surface area contributed by atoms with Gasteiger partial charge in [0.15, 0.2) is 0 Å². The highest BCUT2D eigenvalue weighted by Gasteiger charge is 2.25. The Balaban J connectivity index is 1.82. The van der Waals surface area contributed by atoms with Gasteiger partial charge in [-0.3, -0.25) is 9.48 Å². The highest BCUT2D eigenvalue weighted by molar-refractivity contribution is 9.11. The first-order valence-electron chi connectivity index (χ1n) is 6.82. The van der Waals surface area contributed by atoms with Crippen LogP contribution in [0.5, 0.6) is 0 Å². The second-order valence-electron chi connectivity index (χ2n) is 5.25. The maximum Gasteiger partial charge on any atom is 0.251 e. The summed E-state index contributed by atoms with van der Waals surface area (Å²) in [6, 6.07) is 5.62. The first kappa shape index (κ1) is 14.8. The number of rotatable bonds is 2. The third-order valence-electron chi connectivity index (χ3n) is 3.81. The molecule has 0 radical (unpaired) electrons. The standard InChI is InChI=1S/C15H15Br2N3O/c1-20-14-4-2-3-13(12(14)8-18-20)19-15(21)9-5-10(16)7-11(17)6-9/h5-8,13H,2-4H2,1H3,(H,19,21). The van der Waals surface area contributed by atoms with E-state index < -0.39 is 0 Å². The number of nitrogens with one attached hydrogen (secondary N) is 1. The molecule has 21 heavy (non-hydrogen) atoms. The van der Waals surface area contributed by atoms with Crippen LogP contribution in [0.3, 0.4) is 0 Å². The van der Waals surface area contributed by atoms with E-state index in [0.717, 1.165) is 33.8 Å². The maximum absolute atomic E-state index is 12.5. The molecule has 1 N–H and O–H groups in total. The van der Waals surface area contributed by atoms with Crippen molar-refractivity contribution in [3.8, 4) is 0 Å². The van der Waals surface area contributed by atoms with Gasteiger partial charge in [0.2, 0.25) is 0 Å². The number of carbonyl (C=O) groups excluding carboxylic acids is 1. The van der Waals surface area contributed by atoms with Gasteiger partial charge in [0.05, 0.1) is 12.2 Å². The minimum atomic E-state index is -0.0568. The van der Waals surface area contributed by atoms with E-state index in [0.29, 0.717) is 5.56 Å². The summed E-state index contributed by atoms with van der Waals surface area (Å²) in [5.74, 6) is -0.0568. The van der Waals surface area contributed by atoms with Gasteiger partial charge in [-0.1, -0.05) is 31.9 Å². The summed E-state index contributed by atoms with van der Waals surface area (Å²) in [6.45, 7) is 0. The van der Waals surface area contributed by atoms with E-state index in [2.05, 4.69) is 42.3 Å². The molecule has 0 spiro atoms. The molecule has 2 aromatic rings. The van der Waals surface area contributed by atoms with Crippen LogP contribution in [-0.2, 0) is 13.5 Å². The highest BCUT2D eigenvalue weighted by Crippen LogP contribution is 2.29. The molecule has 0 bridgehead atoms. The van der Waals surface area contributed by atoms with E-state index in [1.807, 2.05) is 36.1 Å². The van der Waals surface area contributed by atoms with Crippen LogP contribution in [0.25, 0.3) is 0 Å². The molecular formula is C15H15Br2N3O. The number of halogens is 2. The van der Waals surface area contributed by atoms with Gasteiger partial charge in [-0.25, -0.2) is 0 Å². The van der Waals surface area contributed by atoms with Crippen LogP contribution in [0.4, 0.5) is 0 Å². The zero-order chi connectivity index (χ0) is 15.0. The zero-order valence-corrected chi connectivity index (χ0v) is 14.7. The first-order valence-corrected chi connectivity index (χ1v) is 8.41. The average Bonchev–Trinajstić information content (AvgIpc) is 2.81. The van der Waals surface area contributed by atoms with Crippen molar-refractivity contribution in [3.05, 3.63) is 50.2 Å². The molecule has 1 aromatic heterocycles. The third kappa shape index (κ3) is 3.06. The molecule has 1 unspecified atom stereocenters. The van der Waals surface area contributed by atoms with Crippen molar-refractivity contribution >= 4 is 37.8 Å². The number of aryl methyl sites for hydroxylation is 1. The minimum Gasteiger partial charge on any atom is -0.345 e. The topological polar surface area (TPSA) is 46.9 Å². The molecule has 6 heteroatoms. The number of carbonyl (C=O) groups is 1. The molecule has 1 aliphatic carbocycles. The number of nitrogens with zero attached hydrogens (tertiary/aromatic N) is 2. The van der Waals surface area contributed by atoms with Gasteiger partial charge in [-0.05, 0) is 37.5 Å². The van der Waals surface area contributed by atoms with Gasteiger partial charge in [-0.2, -0.15) is 5.10 Å². The van der Waals surface area contributed by atoms with E-state index in [1.165, 1.54) is 5.69 Å². The molecule has 0 saturated heterocycles. The lowest BCUT2D eigenvalue weighted by atomic mass is 9.93. The molecule has 1 heterocycles. The smallest absolute Gasteiger partial charge is 0.251 e. The highest BCUT2D eigenvalue weighted by atomic mass is 79.9. The van der Waals surface area contributed by atoms with Crippen LogP contribution in [0.2, 0.25) is 0 Å². The Morgan fingerprint density at radius 3 is 2.76 bits per heavy atom. The summed E-state index contributed by atoms with van der Waals surface area (Å²) >= 11 is 6.82. The molecule has 1 aliphatic rings. The first-order chi connectivity index (χ1) is 10.0. The van der Waals surface area contributed by atoms with E-state index in [1.54, 1.807) is 0 Å². The summed E-state index contributed by atoms with van der Waals surface area (Å²) in [7, 11) is 1.95. The van der Waals surface area contributed by atoms with Crippen molar-refractivity contribution in [2.45, 2.75) is 25.3 Å². The minimum absolute atomic E-state index is 0.0488. The largest absolute Gasteiger partial charge is 0.345 e. The Bertz CT molecular complexity index is 676. The Morgan fingerprint density at radius 2 is 2.05 bits per heavy atom. The summed E-state index contributed by atoms with van der Waals surface area (Å²) in [6.07, 6.45) is 4.93. The fraction of sp³-hybridized carbons (Fsp3) is 0.333. The van der Waals surface area contributed by atoms with Crippen molar-refractivity contribution in [2.75, 3.05) is 0 Å².